The lowest BCUT2D eigenvalue weighted by molar-refractivity contribution is -0.124. The molecule has 1 unspecified atom stereocenters. The Bertz CT molecular complexity index is 715. The van der Waals surface area contributed by atoms with Crippen LogP contribution in [0.5, 0.6) is 5.75 Å². The normalized spacial score (nSPS) is 11.5. The first kappa shape index (κ1) is 19.5. The number of rotatable bonds is 9. The minimum absolute atomic E-state index is 0.0674. The fraction of sp³-hybridized carbons (Fsp3) is 0.333. The molecule has 2 aromatic carbocycles. The van der Waals surface area contributed by atoms with Crippen molar-refractivity contribution in [2.75, 3.05) is 6.61 Å². The van der Waals surface area contributed by atoms with Gasteiger partial charge in [0.2, 0.25) is 0 Å². The van der Waals surface area contributed by atoms with Crippen molar-refractivity contribution in [1.29, 1.82) is 0 Å². The largest absolute Gasteiger partial charge is 0.489 e. The minimum Gasteiger partial charge on any atom is -0.489 e. The quantitative estimate of drug-likeness (QED) is 0.696. The zero-order valence-electron chi connectivity index (χ0n) is 15.2. The maximum Gasteiger partial charge on any atom is 0.339 e. The lowest BCUT2D eigenvalue weighted by Gasteiger charge is -2.14. The molecule has 5 nitrogen and oxygen atoms in total. The number of hydrogen-bond donors (Lipinski definition) is 1. The minimum atomic E-state index is -0.532. The first-order chi connectivity index (χ1) is 12.6. The summed E-state index contributed by atoms with van der Waals surface area (Å²) in [5, 5.41) is 2.81. The predicted octanol–water partition coefficient (Wildman–Crippen LogP) is 3.73. The molecule has 0 saturated carbocycles. The smallest absolute Gasteiger partial charge is 0.339 e. The van der Waals surface area contributed by atoms with E-state index in [9.17, 15) is 9.59 Å². The van der Waals surface area contributed by atoms with Crippen molar-refractivity contribution in [2.24, 2.45) is 0 Å². The van der Waals surface area contributed by atoms with Gasteiger partial charge in [-0.3, -0.25) is 4.79 Å². The summed E-state index contributed by atoms with van der Waals surface area (Å²) in [6, 6.07) is 16.5. The highest BCUT2D eigenvalue weighted by atomic mass is 16.5. The Hall–Kier alpha value is -2.82. The highest BCUT2D eigenvalue weighted by Gasteiger charge is 2.15. The predicted molar refractivity (Wildman–Crippen MR) is 100 cm³/mol. The van der Waals surface area contributed by atoms with Gasteiger partial charge in [-0.15, -0.1) is 0 Å². The van der Waals surface area contributed by atoms with Gasteiger partial charge in [0.05, 0.1) is 5.56 Å². The summed E-state index contributed by atoms with van der Waals surface area (Å²) >= 11 is 0. The van der Waals surface area contributed by atoms with Gasteiger partial charge in [-0.25, -0.2) is 4.79 Å². The lowest BCUT2D eigenvalue weighted by Crippen LogP contribution is -2.35. The molecule has 2 rings (SSSR count). The summed E-state index contributed by atoms with van der Waals surface area (Å²) < 4.78 is 10.9. The molecule has 1 N–H and O–H groups in total. The number of carbonyl (C=O) groups excluding carboxylic acids is 2. The Labute approximate surface area is 154 Å². The van der Waals surface area contributed by atoms with Crippen LogP contribution in [0.15, 0.2) is 54.6 Å². The van der Waals surface area contributed by atoms with E-state index in [4.69, 9.17) is 9.47 Å². The van der Waals surface area contributed by atoms with Gasteiger partial charge >= 0.3 is 5.97 Å². The van der Waals surface area contributed by atoms with E-state index >= 15 is 0 Å². The molecule has 2 aromatic rings. The number of esters is 1. The topological polar surface area (TPSA) is 64.6 Å². The Morgan fingerprint density at radius 2 is 1.73 bits per heavy atom. The molecular formula is C21H25NO4. The first-order valence-corrected chi connectivity index (χ1v) is 8.82. The lowest BCUT2D eigenvalue weighted by atomic mass is 10.1. The molecule has 1 atom stereocenters. The third-order valence-corrected chi connectivity index (χ3v) is 3.84. The zero-order chi connectivity index (χ0) is 18.8. The molecule has 0 fully saturated rings. The van der Waals surface area contributed by atoms with Crippen molar-refractivity contribution in [1.82, 2.24) is 5.32 Å². The van der Waals surface area contributed by atoms with Crippen LogP contribution in [-0.4, -0.2) is 24.5 Å². The van der Waals surface area contributed by atoms with Crippen molar-refractivity contribution in [3.05, 3.63) is 65.7 Å². The van der Waals surface area contributed by atoms with Crippen LogP contribution >= 0.6 is 0 Å². The average Bonchev–Trinajstić information content (AvgIpc) is 2.65. The molecule has 1 amide bonds. The third-order valence-electron chi connectivity index (χ3n) is 3.84. The molecule has 0 aromatic heterocycles. The van der Waals surface area contributed by atoms with Crippen LogP contribution in [0.25, 0.3) is 0 Å². The highest BCUT2D eigenvalue weighted by Crippen LogP contribution is 2.15. The fourth-order valence-corrected chi connectivity index (χ4v) is 2.55. The number of hydrogen-bond acceptors (Lipinski definition) is 4. The second-order valence-corrected chi connectivity index (χ2v) is 6.09. The SMILES string of the molecule is CCCC(C)NC(=O)COC(=O)c1ccccc1COc1ccccc1. The number of para-hydroxylation sites is 1. The molecule has 0 aliphatic rings. The van der Waals surface area contributed by atoms with E-state index in [1.165, 1.54) is 0 Å². The summed E-state index contributed by atoms with van der Waals surface area (Å²) in [7, 11) is 0. The average molecular weight is 355 g/mol. The van der Waals surface area contributed by atoms with Gasteiger partial charge in [-0.1, -0.05) is 49.7 Å². The zero-order valence-corrected chi connectivity index (χ0v) is 15.2. The van der Waals surface area contributed by atoms with E-state index < -0.39 is 5.97 Å². The van der Waals surface area contributed by atoms with E-state index in [0.717, 1.165) is 18.6 Å². The van der Waals surface area contributed by atoms with Gasteiger partial charge in [0.1, 0.15) is 12.4 Å². The molecular weight excluding hydrogens is 330 g/mol. The Morgan fingerprint density at radius 3 is 2.46 bits per heavy atom. The number of carbonyl (C=O) groups is 2. The summed E-state index contributed by atoms with van der Waals surface area (Å²) in [5.41, 5.74) is 1.11. The van der Waals surface area contributed by atoms with Crippen LogP contribution in [0.4, 0.5) is 0 Å². The highest BCUT2D eigenvalue weighted by molar-refractivity contribution is 5.92. The molecule has 0 radical (unpaired) electrons. The first-order valence-electron chi connectivity index (χ1n) is 8.82. The van der Waals surface area contributed by atoms with Gasteiger partial charge in [0.15, 0.2) is 6.61 Å². The number of ether oxygens (including phenoxy) is 2. The summed E-state index contributed by atoms with van der Waals surface area (Å²) in [6.45, 7) is 3.94. The van der Waals surface area contributed by atoms with Gasteiger partial charge in [0, 0.05) is 11.6 Å². The monoisotopic (exact) mass is 355 g/mol. The maximum absolute atomic E-state index is 12.3. The molecule has 5 heteroatoms. The van der Waals surface area contributed by atoms with E-state index in [-0.39, 0.29) is 25.2 Å². The maximum atomic E-state index is 12.3. The molecule has 0 bridgehead atoms. The van der Waals surface area contributed by atoms with Crippen LogP contribution in [0.2, 0.25) is 0 Å². The van der Waals surface area contributed by atoms with Crippen molar-refractivity contribution in [3.8, 4) is 5.75 Å². The van der Waals surface area contributed by atoms with Crippen LogP contribution in [-0.2, 0) is 16.1 Å². The van der Waals surface area contributed by atoms with E-state index in [1.54, 1.807) is 12.1 Å². The second-order valence-electron chi connectivity index (χ2n) is 6.09. The van der Waals surface area contributed by atoms with E-state index in [1.807, 2.05) is 49.4 Å². The van der Waals surface area contributed by atoms with Crippen molar-refractivity contribution in [3.63, 3.8) is 0 Å². The number of benzene rings is 2. The molecule has 0 aliphatic carbocycles. The molecule has 0 saturated heterocycles. The summed E-state index contributed by atoms with van der Waals surface area (Å²) in [4.78, 5) is 24.2. The van der Waals surface area contributed by atoms with Crippen LogP contribution in [0.1, 0.15) is 42.6 Å². The second kappa shape index (κ2) is 10.2. The van der Waals surface area contributed by atoms with Gasteiger partial charge in [-0.2, -0.15) is 0 Å². The van der Waals surface area contributed by atoms with Crippen LogP contribution in [0, 0.1) is 0 Å². The standard InChI is InChI=1S/C21H25NO4/c1-3-9-16(2)22-20(23)15-26-21(24)19-13-8-7-10-17(19)14-25-18-11-5-4-6-12-18/h4-8,10-13,16H,3,9,14-15H2,1-2H3,(H,22,23). The summed E-state index contributed by atoms with van der Waals surface area (Å²) in [5.74, 6) is -0.104. The molecule has 0 spiro atoms. The molecule has 0 heterocycles. The summed E-state index contributed by atoms with van der Waals surface area (Å²) in [6.07, 6.45) is 1.87. The Balaban J connectivity index is 1.91. The molecule has 138 valence electrons. The van der Waals surface area contributed by atoms with Crippen LogP contribution < -0.4 is 10.1 Å². The van der Waals surface area contributed by atoms with Crippen molar-refractivity contribution in [2.45, 2.75) is 39.3 Å². The van der Waals surface area contributed by atoms with E-state index in [2.05, 4.69) is 12.2 Å². The number of nitrogens with one attached hydrogen (secondary N) is 1. The van der Waals surface area contributed by atoms with Gasteiger partial charge in [0.25, 0.3) is 5.91 Å². The van der Waals surface area contributed by atoms with Gasteiger partial charge in [-0.05, 0) is 31.5 Å². The molecule has 0 aliphatic heterocycles. The van der Waals surface area contributed by atoms with Crippen LogP contribution in [0.3, 0.4) is 0 Å². The van der Waals surface area contributed by atoms with Crippen molar-refractivity contribution < 1.29 is 19.1 Å². The number of amides is 1. The Kier molecular flexibility index (Phi) is 7.68. The Morgan fingerprint density at radius 1 is 1.04 bits per heavy atom. The third kappa shape index (κ3) is 6.24. The van der Waals surface area contributed by atoms with E-state index in [0.29, 0.717) is 11.1 Å². The fourth-order valence-electron chi connectivity index (χ4n) is 2.55. The van der Waals surface area contributed by atoms with Crippen molar-refractivity contribution >= 4 is 11.9 Å². The van der Waals surface area contributed by atoms with Gasteiger partial charge < -0.3 is 14.8 Å². The molecule has 26 heavy (non-hydrogen) atoms.